The molecule has 1 fully saturated rings. The first kappa shape index (κ1) is 20.0. The summed E-state index contributed by atoms with van der Waals surface area (Å²) in [7, 11) is 1.58. The lowest BCUT2D eigenvalue weighted by molar-refractivity contribution is -0.152. The summed E-state index contributed by atoms with van der Waals surface area (Å²) in [6.45, 7) is -0.344. The topological polar surface area (TPSA) is 75.0 Å². The number of para-hydroxylation sites is 1. The summed E-state index contributed by atoms with van der Waals surface area (Å²) < 4.78 is 22.4. The maximum atomic E-state index is 13.1. The molecule has 156 valence electrons. The second kappa shape index (κ2) is 9.03. The predicted octanol–water partition coefficient (Wildman–Crippen LogP) is 4.72. The van der Waals surface area contributed by atoms with Gasteiger partial charge in [0, 0.05) is 5.56 Å². The highest BCUT2D eigenvalue weighted by atomic mass is 16.6. The van der Waals surface area contributed by atoms with E-state index < -0.39 is 5.97 Å². The molecule has 0 spiro atoms. The molecule has 6 nitrogen and oxygen atoms in total. The number of fused-ring (bicyclic) bond motifs is 1. The highest BCUT2D eigenvalue weighted by Gasteiger charge is 2.21. The molecular weight excluding hydrogens is 384 g/mol. The van der Waals surface area contributed by atoms with Crippen LogP contribution in [-0.4, -0.2) is 25.8 Å². The van der Waals surface area contributed by atoms with Gasteiger partial charge in [-0.2, -0.15) is 0 Å². The van der Waals surface area contributed by atoms with Crippen LogP contribution in [0.2, 0.25) is 0 Å². The Morgan fingerprint density at radius 1 is 1.03 bits per heavy atom. The number of hydrogen-bond donors (Lipinski definition) is 0. The van der Waals surface area contributed by atoms with Crippen LogP contribution in [0, 0.1) is 0 Å². The molecule has 1 aromatic heterocycles. The molecule has 1 aliphatic carbocycles. The first-order chi connectivity index (χ1) is 14.7. The lowest BCUT2D eigenvalue weighted by atomic mass is 9.98. The van der Waals surface area contributed by atoms with E-state index in [9.17, 15) is 9.59 Å². The molecule has 0 bridgehead atoms. The van der Waals surface area contributed by atoms with E-state index >= 15 is 0 Å². The molecule has 0 unspecified atom stereocenters. The first-order valence-corrected chi connectivity index (χ1v) is 10.2. The van der Waals surface area contributed by atoms with Crippen molar-refractivity contribution in [2.24, 2.45) is 0 Å². The van der Waals surface area contributed by atoms with Crippen LogP contribution in [-0.2, 0) is 9.53 Å². The van der Waals surface area contributed by atoms with E-state index in [1.807, 2.05) is 0 Å². The zero-order valence-electron chi connectivity index (χ0n) is 16.9. The Morgan fingerprint density at radius 3 is 2.50 bits per heavy atom. The summed E-state index contributed by atoms with van der Waals surface area (Å²) in [6, 6.07) is 14.0. The Hall–Kier alpha value is -3.28. The lowest BCUT2D eigenvalue weighted by Crippen LogP contribution is -2.25. The van der Waals surface area contributed by atoms with Crippen LogP contribution in [0.5, 0.6) is 11.5 Å². The van der Waals surface area contributed by atoms with Gasteiger partial charge in [0.25, 0.3) is 0 Å². The SMILES string of the molecule is COc1ccc(-c2oc3ccccc3c(=O)c2OCC(=O)OC2CCCCC2)cc1. The van der Waals surface area contributed by atoms with Crippen LogP contribution in [0.15, 0.2) is 57.7 Å². The third-order valence-corrected chi connectivity index (χ3v) is 5.29. The van der Waals surface area contributed by atoms with Crippen LogP contribution in [0.3, 0.4) is 0 Å². The van der Waals surface area contributed by atoms with Crippen molar-refractivity contribution in [3.05, 3.63) is 58.8 Å². The van der Waals surface area contributed by atoms with Crippen molar-refractivity contribution in [1.82, 2.24) is 0 Å². The Morgan fingerprint density at radius 2 is 1.77 bits per heavy atom. The number of esters is 1. The third-order valence-electron chi connectivity index (χ3n) is 5.29. The van der Waals surface area contributed by atoms with E-state index in [0.717, 1.165) is 25.7 Å². The number of hydrogen-bond acceptors (Lipinski definition) is 6. The molecule has 1 aliphatic rings. The summed E-state index contributed by atoms with van der Waals surface area (Å²) in [6.07, 6.45) is 4.99. The minimum absolute atomic E-state index is 0.000499. The van der Waals surface area contributed by atoms with Gasteiger partial charge in [-0.3, -0.25) is 4.79 Å². The second-order valence-electron chi connectivity index (χ2n) is 7.35. The summed E-state index contributed by atoms with van der Waals surface area (Å²) in [5.41, 5.74) is 0.771. The molecule has 0 N–H and O–H groups in total. The molecule has 2 aromatic carbocycles. The highest BCUT2D eigenvalue weighted by molar-refractivity contribution is 5.82. The normalized spacial score (nSPS) is 14.4. The molecule has 0 saturated heterocycles. The fourth-order valence-electron chi connectivity index (χ4n) is 3.72. The minimum Gasteiger partial charge on any atom is -0.497 e. The quantitative estimate of drug-likeness (QED) is 0.549. The fourth-order valence-corrected chi connectivity index (χ4v) is 3.72. The van der Waals surface area contributed by atoms with Gasteiger partial charge in [-0.25, -0.2) is 4.79 Å². The number of rotatable bonds is 6. The van der Waals surface area contributed by atoms with Gasteiger partial charge in [0.2, 0.25) is 11.2 Å². The van der Waals surface area contributed by atoms with E-state index in [1.54, 1.807) is 55.6 Å². The molecule has 1 heterocycles. The van der Waals surface area contributed by atoms with Gasteiger partial charge in [-0.05, 0) is 62.1 Å². The van der Waals surface area contributed by atoms with Gasteiger partial charge in [-0.1, -0.05) is 18.6 Å². The monoisotopic (exact) mass is 408 g/mol. The van der Waals surface area contributed by atoms with Crippen molar-refractivity contribution in [2.45, 2.75) is 38.2 Å². The molecule has 6 heteroatoms. The van der Waals surface area contributed by atoms with E-state index in [4.69, 9.17) is 18.6 Å². The average molecular weight is 408 g/mol. The van der Waals surface area contributed by atoms with Gasteiger partial charge < -0.3 is 18.6 Å². The average Bonchev–Trinajstić information content (AvgIpc) is 2.79. The van der Waals surface area contributed by atoms with Gasteiger partial charge in [0.1, 0.15) is 17.4 Å². The Bertz CT molecular complexity index is 1080. The van der Waals surface area contributed by atoms with Crippen LogP contribution < -0.4 is 14.9 Å². The Kier molecular flexibility index (Phi) is 6.02. The van der Waals surface area contributed by atoms with Crippen LogP contribution >= 0.6 is 0 Å². The molecule has 4 rings (SSSR count). The summed E-state index contributed by atoms with van der Waals surface area (Å²) >= 11 is 0. The lowest BCUT2D eigenvalue weighted by Gasteiger charge is -2.21. The number of carbonyl (C=O) groups excluding carboxylic acids is 1. The van der Waals surface area contributed by atoms with Crippen molar-refractivity contribution in [2.75, 3.05) is 13.7 Å². The number of benzene rings is 2. The summed E-state index contributed by atoms with van der Waals surface area (Å²) in [5.74, 6) is 0.474. The predicted molar refractivity (Wildman–Crippen MR) is 113 cm³/mol. The summed E-state index contributed by atoms with van der Waals surface area (Å²) in [5, 5.41) is 0.394. The largest absolute Gasteiger partial charge is 0.497 e. The summed E-state index contributed by atoms with van der Waals surface area (Å²) in [4.78, 5) is 25.4. The van der Waals surface area contributed by atoms with Crippen LogP contribution in [0.25, 0.3) is 22.3 Å². The van der Waals surface area contributed by atoms with E-state index in [0.29, 0.717) is 22.3 Å². The zero-order chi connectivity index (χ0) is 20.9. The highest BCUT2D eigenvalue weighted by Crippen LogP contribution is 2.32. The van der Waals surface area contributed by atoms with Crippen LogP contribution in [0.1, 0.15) is 32.1 Å². The van der Waals surface area contributed by atoms with Crippen molar-refractivity contribution >= 4 is 16.9 Å². The van der Waals surface area contributed by atoms with E-state index in [2.05, 4.69) is 0 Å². The van der Waals surface area contributed by atoms with Crippen molar-refractivity contribution < 1.29 is 23.4 Å². The standard InChI is InChI=1S/C24H24O6/c1-27-17-13-11-16(12-14-17)23-24(22(26)19-9-5-6-10-20(19)30-23)28-15-21(25)29-18-7-3-2-4-8-18/h5-6,9-14,18H,2-4,7-8,15H2,1H3. The zero-order valence-corrected chi connectivity index (χ0v) is 16.9. The Labute approximate surface area is 174 Å². The van der Waals surface area contributed by atoms with Crippen molar-refractivity contribution in [3.8, 4) is 22.8 Å². The van der Waals surface area contributed by atoms with Crippen molar-refractivity contribution in [3.63, 3.8) is 0 Å². The van der Waals surface area contributed by atoms with Gasteiger partial charge in [-0.15, -0.1) is 0 Å². The van der Waals surface area contributed by atoms with Crippen molar-refractivity contribution in [1.29, 1.82) is 0 Å². The minimum atomic E-state index is -0.477. The molecule has 0 amide bonds. The maximum absolute atomic E-state index is 13.1. The number of methoxy groups -OCH3 is 1. The maximum Gasteiger partial charge on any atom is 0.344 e. The van der Waals surface area contributed by atoms with Gasteiger partial charge in [0.15, 0.2) is 12.4 Å². The second-order valence-corrected chi connectivity index (χ2v) is 7.35. The molecule has 0 aliphatic heterocycles. The number of carbonyl (C=O) groups is 1. The molecule has 1 saturated carbocycles. The smallest absolute Gasteiger partial charge is 0.344 e. The van der Waals surface area contributed by atoms with Crippen LogP contribution in [0.4, 0.5) is 0 Å². The molecule has 30 heavy (non-hydrogen) atoms. The third kappa shape index (κ3) is 4.32. The fraction of sp³-hybridized carbons (Fsp3) is 0.333. The Balaban J connectivity index is 1.63. The number of ether oxygens (including phenoxy) is 3. The molecule has 0 atom stereocenters. The van der Waals surface area contributed by atoms with E-state index in [1.165, 1.54) is 6.42 Å². The molecular formula is C24H24O6. The van der Waals surface area contributed by atoms with Gasteiger partial charge in [0.05, 0.1) is 12.5 Å². The first-order valence-electron chi connectivity index (χ1n) is 10.2. The molecule has 0 radical (unpaired) electrons. The molecule has 3 aromatic rings. The van der Waals surface area contributed by atoms with E-state index in [-0.39, 0.29) is 29.6 Å². The van der Waals surface area contributed by atoms with Gasteiger partial charge >= 0.3 is 5.97 Å².